The summed E-state index contributed by atoms with van der Waals surface area (Å²) in [4.78, 5) is 12.3. The maximum Gasteiger partial charge on any atom is 0.352 e. The number of aromatic nitrogens is 1. The largest absolute Gasteiger partial charge is 0.477 e. The molecule has 0 amide bonds. The summed E-state index contributed by atoms with van der Waals surface area (Å²) in [6.07, 6.45) is 8.05. The fourth-order valence-corrected chi connectivity index (χ4v) is 5.93. The Morgan fingerprint density at radius 3 is 2.55 bits per heavy atom. The summed E-state index contributed by atoms with van der Waals surface area (Å²) in [5, 5.41) is 15.5. The van der Waals surface area contributed by atoms with Crippen molar-refractivity contribution in [2.75, 3.05) is 12.3 Å². The van der Waals surface area contributed by atoms with E-state index in [-0.39, 0.29) is 0 Å². The van der Waals surface area contributed by atoms with Gasteiger partial charge in [-0.25, -0.2) is 4.79 Å². The van der Waals surface area contributed by atoms with Gasteiger partial charge in [0.25, 0.3) is 0 Å². The molecule has 0 aliphatic heterocycles. The van der Waals surface area contributed by atoms with Crippen molar-refractivity contribution in [2.45, 2.75) is 56.9 Å². The molecule has 1 heterocycles. The van der Waals surface area contributed by atoms with Crippen LogP contribution in [0.15, 0.2) is 54.6 Å². The van der Waals surface area contributed by atoms with Crippen LogP contribution in [0.4, 0.5) is 0 Å². The van der Waals surface area contributed by atoms with Crippen molar-refractivity contribution in [1.82, 2.24) is 9.88 Å². The van der Waals surface area contributed by atoms with Crippen molar-refractivity contribution in [1.29, 1.82) is 0 Å². The molecule has 0 radical (unpaired) electrons. The highest BCUT2D eigenvalue weighted by Crippen LogP contribution is 2.29. The highest BCUT2D eigenvalue weighted by atomic mass is 32.2. The van der Waals surface area contributed by atoms with Gasteiger partial charge in [-0.15, -0.1) is 0 Å². The molecule has 0 atom stereocenters. The minimum atomic E-state index is -0.864. The van der Waals surface area contributed by atoms with Crippen LogP contribution in [-0.2, 0) is 13.1 Å². The molecule has 3 aromatic rings. The Bertz CT molecular complexity index is 993. The van der Waals surface area contributed by atoms with Crippen molar-refractivity contribution < 1.29 is 9.90 Å². The van der Waals surface area contributed by atoms with E-state index in [1.54, 1.807) is 0 Å². The van der Waals surface area contributed by atoms with Crippen LogP contribution < -0.4 is 5.32 Å². The first-order valence-electron chi connectivity index (χ1n) is 11.4. The minimum absolute atomic E-state index is 0.397. The number of thioether (sulfide) groups is 1. The molecule has 0 saturated heterocycles. The minimum Gasteiger partial charge on any atom is -0.477 e. The van der Waals surface area contributed by atoms with E-state index in [0.29, 0.717) is 18.8 Å². The summed E-state index contributed by atoms with van der Waals surface area (Å²) in [6, 6.07) is 18.1. The van der Waals surface area contributed by atoms with Crippen molar-refractivity contribution in [3.8, 4) is 0 Å². The van der Waals surface area contributed by atoms with Crippen LogP contribution in [0.5, 0.6) is 0 Å². The van der Waals surface area contributed by atoms with Crippen LogP contribution in [-0.4, -0.2) is 33.2 Å². The summed E-state index contributed by atoms with van der Waals surface area (Å²) in [5.41, 5.74) is 3.37. The Labute approximate surface area is 189 Å². The van der Waals surface area contributed by atoms with Gasteiger partial charge in [-0.2, -0.15) is 11.8 Å². The van der Waals surface area contributed by atoms with Gasteiger partial charge < -0.3 is 15.0 Å². The first-order valence-corrected chi connectivity index (χ1v) is 12.5. The summed E-state index contributed by atoms with van der Waals surface area (Å²) >= 11 is 2.12. The number of hydrogen-bond donors (Lipinski definition) is 2. The summed E-state index contributed by atoms with van der Waals surface area (Å²) in [7, 11) is 0. The second-order valence-electron chi connectivity index (χ2n) is 8.38. The Morgan fingerprint density at radius 1 is 1.03 bits per heavy atom. The van der Waals surface area contributed by atoms with Gasteiger partial charge in [0.1, 0.15) is 5.69 Å². The zero-order valence-electron chi connectivity index (χ0n) is 18.1. The van der Waals surface area contributed by atoms with E-state index in [1.807, 2.05) is 59.2 Å². The van der Waals surface area contributed by atoms with Gasteiger partial charge in [-0.1, -0.05) is 67.8 Å². The van der Waals surface area contributed by atoms with Gasteiger partial charge in [0.2, 0.25) is 0 Å². The van der Waals surface area contributed by atoms with E-state index in [4.69, 9.17) is 0 Å². The fourth-order valence-electron chi connectivity index (χ4n) is 4.62. The highest BCUT2D eigenvalue weighted by Gasteiger charge is 2.22. The first-order chi connectivity index (χ1) is 15.2. The number of carbonyl (C=O) groups is 1. The number of carboxylic acid groups (broad SMARTS) is 1. The summed E-state index contributed by atoms with van der Waals surface area (Å²) < 4.78 is 1.95. The smallest absolute Gasteiger partial charge is 0.352 e. The predicted molar refractivity (Wildman–Crippen MR) is 130 cm³/mol. The van der Waals surface area contributed by atoms with Crippen LogP contribution in [0, 0.1) is 0 Å². The number of nitrogens with one attached hydrogen (secondary N) is 1. The molecule has 2 aromatic carbocycles. The van der Waals surface area contributed by atoms with Gasteiger partial charge >= 0.3 is 5.97 Å². The van der Waals surface area contributed by atoms with Crippen molar-refractivity contribution >= 4 is 28.6 Å². The molecule has 1 aliphatic carbocycles. The molecule has 0 spiro atoms. The lowest BCUT2D eigenvalue weighted by Gasteiger charge is -2.20. The summed E-state index contributed by atoms with van der Waals surface area (Å²) in [6.45, 7) is 2.05. The molecule has 0 bridgehead atoms. The van der Waals surface area contributed by atoms with E-state index in [2.05, 4.69) is 17.1 Å². The zero-order valence-corrected chi connectivity index (χ0v) is 18.9. The number of para-hydroxylation sites is 1. The van der Waals surface area contributed by atoms with Gasteiger partial charge in [-0.3, -0.25) is 0 Å². The quantitative estimate of drug-likeness (QED) is 0.387. The van der Waals surface area contributed by atoms with Crippen LogP contribution >= 0.6 is 11.8 Å². The number of hydrogen-bond acceptors (Lipinski definition) is 3. The Morgan fingerprint density at radius 2 is 1.77 bits per heavy atom. The van der Waals surface area contributed by atoms with E-state index in [0.717, 1.165) is 40.2 Å². The maximum atomic E-state index is 12.3. The van der Waals surface area contributed by atoms with Crippen molar-refractivity contribution in [3.05, 3.63) is 71.4 Å². The molecule has 1 aliphatic rings. The van der Waals surface area contributed by atoms with E-state index in [1.165, 1.54) is 37.9 Å². The molecule has 1 saturated carbocycles. The fraction of sp³-hybridized carbons (Fsp3) is 0.423. The monoisotopic (exact) mass is 436 g/mol. The highest BCUT2D eigenvalue weighted by molar-refractivity contribution is 7.99. The zero-order chi connectivity index (χ0) is 21.5. The van der Waals surface area contributed by atoms with E-state index in [9.17, 15) is 9.90 Å². The molecule has 1 aromatic heterocycles. The molecule has 5 heteroatoms. The molecular formula is C26H32N2O2S. The lowest BCUT2D eigenvalue weighted by molar-refractivity contribution is 0.0685. The third-order valence-electron chi connectivity index (χ3n) is 6.17. The third kappa shape index (κ3) is 5.52. The normalized spacial score (nSPS) is 14.8. The van der Waals surface area contributed by atoms with Crippen LogP contribution in [0.1, 0.15) is 60.1 Å². The Balaban J connectivity index is 1.44. The van der Waals surface area contributed by atoms with E-state index < -0.39 is 5.97 Å². The number of carboxylic acids is 1. The number of fused-ring (bicyclic) bond motifs is 1. The lowest BCUT2D eigenvalue weighted by Crippen LogP contribution is -2.19. The molecule has 0 unspecified atom stereocenters. The first kappa shape index (κ1) is 22.0. The van der Waals surface area contributed by atoms with Gasteiger partial charge in [0.15, 0.2) is 0 Å². The standard InChI is InChI=1S/C26H32N2O2S/c29-26(30)25-23(18-27-16-9-17-31-21-12-5-2-6-13-21)22-14-7-8-15-24(22)28(25)19-20-10-3-1-4-11-20/h1,3-4,7-8,10-11,14-15,21,27H,2,5-6,9,12-13,16-19H2,(H,29,30). The van der Waals surface area contributed by atoms with Crippen molar-refractivity contribution in [2.24, 2.45) is 0 Å². The average Bonchev–Trinajstić information content (AvgIpc) is 3.11. The topological polar surface area (TPSA) is 54.3 Å². The molecule has 4 nitrogen and oxygen atoms in total. The molecule has 2 N–H and O–H groups in total. The van der Waals surface area contributed by atoms with Crippen LogP contribution in [0.25, 0.3) is 10.9 Å². The SMILES string of the molecule is O=C(O)c1c(CNCCCSC2CCCCC2)c2ccccc2n1Cc1ccccc1. The number of nitrogens with zero attached hydrogens (tertiary/aromatic N) is 1. The van der Waals surface area contributed by atoms with E-state index >= 15 is 0 Å². The van der Waals surface area contributed by atoms with Gasteiger partial charge in [0.05, 0.1) is 0 Å². The number of benzene rings is 2. The third-order valence-corrected chi connectivity index (χ3v) is 7.63. The number of rotatable bonds is 10. The second-order valence-corrected chi connectivity index (χ2v) is 9.79. The molecule has 31 heavy (non-hydrogen) atoms. The second kappa shape index (κ2) is 10.9. The lowest BCUT2D eigenvalue weighted by atomic mass is 10.0. The Hall–Kier alpha value is -2.24. The Kier molecular flexibility index (Phi) is 7.71. The molecule has 1 fully saturated rings. The molecule has 4 rings (SSSR count). The van der Waals surface area contributed by atoms with Crippen LogP contribution in [0.3, 0.4) is 0 Å². The predicted octanol–water partition coefficient (Wildman–Crippen LogP) is 5.93. The maximum absolute atomic E-state index is 12.3. The molecule has 164 valence electrons. The average molecular weight is 437 g/mol. The summed E-state index contributed by atoms with van der Waals surface area (Å²) in [5.74, 6) is 0.316. The van der Waals surface area contributed by atoms with Crippen molar-refractivity contribution in [3.63, 3.8) is 0 Å². The van der Waals surface area contributed by atoms with Gasteiger partial charge in [0, 0.05) is 34.8 Å². The number of aromatic carboxylic acids is 1. The van der Waals surface area contributed by atoms with Crippen LogP contribution in [0.2, 0.25) is 0 Å². The molecular weight excluding hydrogens is 404 g/mol. The van der Waals surface area contributed by atoms with Gasteiger partial charge in [-0.05, 0) is 43.2 Å².